The zero-order valence-corrected chi connectivity index (χ0v) is 16.0. The SMILES string of the molecule is Cc1cc(Nc2nccs2)nc(C2CCCN2Cc2ccc(Cl)cn2)n1. The monoisotopic (exact) mass is 386 g/mol. The van der Waals surface area contributed by atoms with Crippen molar-refractivity contribution in [2.75, 3.05) is 11.9 Å². The molecular formula is C18H19ClN6S. The number of pyridine rings is 1. The lowest BCUT2D eigenvalue weighted by Gasteiger charge is -2.23. The van der Waals surface area contributed by atoms with Crippen LogP contribution in [0, 0.1) is 6.92 Å². The molecule has 1 fully saturated rings. The van der Waals surface area contributed by atoms with E-state index in [9.17, 15) is 0 Å². The molecule has 1 unspecified atom stereocenters. The summed E-state index contributed by atoms with van der Waals surface area (Å²) in [6.07, 6.45) is 5.65. The van der Waals surface area contributed by atoms with Gasteiger partial charge in [0.25, 0.3) is 0 Å². The van der Waals surface area contributed by atoms with Gasteiger partial charge in [0.15, 0.2) is 5.13 Å². The maximum Gasteiger partial charge on any atom is 0.188 e. The maximum absolute atomic E-state index is 5.94. The third-order valence-electron chi connectivity index (χ3n) is 4.35. The minimum atomic E-state index is 0.198. The van der Waals surface area contributed by atoms with Gasteiger partial charge in [-0.25, -0.2) is 15.0 Å². The Morgan fingerprint density at radius 1 is 1.31 bits per heavy atom. The van der Waals surface area contributed by atoms with E-state index in [2.05, 4.69) is 20.2 Å². The van der Waals surface area contributed by atoms with E-state index in [1.807, 2.05) is 30.5 Å². The normalized spacial score (nSPS) is 17.5. The topological polar surface area (TPSA) is 66.8 Å². The molecule has 0 aliphatic carbocycles. The molecule has 4 rings (SSSR count). The molecule has 0 saturated carbocycles. The summed E-state index contributed by atoms with van der Waals surface area (Å²) in [5.74, 6) is 1.65. The molecule has 0 amide bonds. The van der Waals surface area contributed by atoms with Crippen molar-refractivity contribution < 1.29 is 0 Å². The van der Waals surface area contributed by atoms with Crippen molar-refractivity contribution in [3.8, 4) is 0 Å². The average Bonchev–Trinajstić information content (AvgIpc) is 3.28. The Morgan fingerprint density at radius 2 is 2.23 bits per heavy atom. The highest BCUT2D eigenvalue weighted by Gasteiger charge is 2.29. The minimum absolute atomic E-state index is 0.198. The Morgan fingerprint density at radius 3 is 3.00 bits per heavy atom. The number of anilines is 2. The summed E-state index contributed by atoms with van der Waals surface area (Å²) < 4.78 is 0. The van der Waals surface area contributed by atoms with E-state index in [4.69, 9.17) is 21.6 Å². The van der Waals surface area contributed by atoms with Crippen molar-refractivity contribution in [3.63, 3.8) is 0 Å². The number of rotatable bonds is 5. The van der Waals surface area contributed by atoms with Gasteiger partial charge in [-0.15, -0.1) is 11.3 Å². The molecular weight excluding hydrogens is 368 g/mol. The first-order chi connectivity index (χ1) is 12.7. The van der Waals surface area contributed by atoms with E-state index in [1.54, 1.807) is 23.7 Å². The third-order valence-corrected chi connectivity index (χ3v) is 5.27. The minimum Gasteiger partial charge on any atom is -0.316 e. The third kappa shape index (κ3) is 4.00. The van der Waals surface area contributed by atoms with Crippen LogP contribution in [-0.2, 0) is 6.54 Å². The number of nitrogens with zero attached hydrogens (tertiary/aromatic N) is 5. The molecule has 6 nitrogen and oxygen atoms in total. The van der Waals surface area contributed by atoms with Crippen molar-refractivity contribution in [3.05, 3.63) is 58.2 Å². The number of nitrogens with one attached hydrogen (secondary N) is 1. The Balaban J connectivity index is 1.55. The summed E-state index contributed by atoms with van der Waals surface area (Å²) in [6.45, 7) is 3.79. The molecule has 1 aliphatic rings. The number of likely N-dealkylation sites (tertiary alicyclic amines) is 1. The van der Waals surface area contributed by atoms with Gasteiger partial charge in [-0.1, -0.05) is 11.6 Å². The van der Waals surface area contributed by atoms with Gasteiger partial charge < -0.3 is 5.32 Å². The Labute approximate surface area is 161 Å². The molecule has 26 heavy (non-hydrogen) atoms. The molecule has 0 aromatic carbocycles. The van der Waals surface area contributed by atoms with Crippen molar-refractivity contribution in [1.29, 1.82) is 0 Å². The van der Waals surface area contributed by atoms with Crippen LogP contribution < -0.4 is 5.32 Å². The van der Waals surface area contributed by atoms with Crippen molar-refractivity contribution in [2.24, 2.45) is 0 Å². The number of hydrogen-bond donors (Lipinski definition) is 1. The van der Waals surface area contributed by atoms with Crippen LogP contribution in [-0.4, -0.2) is 31.4 Å². The van der Waals surface area contributed by atoms with Gasteiger partial charge in [0.2, 0.25) is 0 Å². The van der Waals surface area contributed by atoms with E-state index in [-0.39, 0.29) is 6.04 Å². The molecule has 1 aliphatic heterocycles. The Kier molecular flexibility index (Phi) is 5.10. The number of aryl methyl sites for hydroxylation is 1. The van der Waals surface area contributed by atoms with E-state index >= 15 is 0 Å². The first-order valence-electron chi connectivity index (χ1n) is 8.54. The molecule has 1 saturated heterocycles. The molecule has 0 spiro atoms. The van der Waals surface area contributed by atoms with Gasteiger partial charge >= 0.3 is 0 Å². The zero-order valence-electron chi connectivity index (χ0n) is 14.4. The van der Waals surface area contributed by atoms with Gasteiger partial charge in [0.05, 0.1) is 16.8 Å². The Bertz CT molecular complexity index is 868. The molecule has 1 N–H and O–H groups in total. The smallest absolute Gasteiger partial charge is 0.188 e. The summed E-state index contributed by atoms with van der Waals surface area (Å²) in [5.41, 5.74) is 1.96. The largest absolute Gasteiger partial charge is 0.316 e. The summed E-state index contributed by atoms with van der Waals surface area (Å²) in [7, 11) is 0. The molecule has 0 bridgehead atoms. The van der Waals surface area contributed by atoms with Crippen LogP contribution in [0.3, 0.4) is 0 Å². The highest BCUT2D eigenvalue weighted by atomic mass is 35.5. The molecule has 1 atom stereocenters. The highest BCUT2D eigenvalue weighted by Crippen LogP contribution is 2.32. The lowest BCUT2D eigenvalue weighted by atomic mass is 10.2. The van der Waals surface area contributed by atoms with E-state index in [0.29, 0.717) is 5.02 Å². The van der Waals surface area contributed by atoms with Crippen molar-refractivity contribution in [1.82, 2.24) is 24.8 Å². The number of thiazole rings is 1. The van der Waals surface area contributed by atoms with Gasteiger partial charge in [-0.2, -0.15) is 0 Å². The van der Waals surface area contributed by atoms with Gasteiger partial charge in [-0.3, -0.25) is 9.88 Å². The van der Waals surface area contributed by atoms with Gasteiger partial charge in [0, 0.05) is 36.1 Å². The zero-order chi connectivity index (χ0) is 17.9. The lowest BCUT2D eigenvalue weighted by molar-refractivity contribution is 0.237. The molecule has 0 radical (unpaired) electrons. The standard InChI is InChI=1S/C18H19ClN6S/c1-12-9-16(24-18-20-6-8-26-18)23-17(22-12)15-3-2-7-25(15)11-14-5-4-13(19)10-21-14/h4-6,8-10,15H,2-3,7,11H2,1H3,(H,20,22,23,24). The second-order valence-corrected chi connectivity index (χ2v) is 7.64. The molecule has 4 heterocycles. The van der Waals surface area contributed by atoms with Crippen LogP contribution in [0.25, 0.3) is 0 Å². The highest BCUT2D eigenvalue weighted by molar-refractivity contribution is 7.13. The predicted molar refractivity (Wildman–Crippen MR) is 104 cm³/mol. The molecule has 3 aromatic rings. The van der Waals surface area contributed by atoms with Gasteiger partial charge in [0.1, 0.15) is 11.6 Å². The lowest BCUT2D eigenvalue weighted by Crippen LogP contribution is -2.25. The fourth-order valence-electron chi connectivity index (χ4n) is 3.22. The average molecular weight is 387 g/mol. The van der Waals surface area contributed by atoms with Gasteiger partial charge in [-0.05, 0) is 38.4 Å². The van der Waals surface area contributed by atoms with E-state index in [1.165, 1.54) is 0 Å². The molecule has 3 aromatic heterocycles. The van der Waals surface area contributed by atoms with Crippen LogP contribution in [0.4, 0.5) is 10.9 Å². The summed E-state index contributed by atoms with van der Waals surface area (Å²) >= 11 is 7.49. The van der Waals surface area contributed by atoms with Crippen LogP contribution in [0.2, 0.25) is 5.02 Å². The second-order valence-electron chi connectivity index (χ2n) is 6.31. The fourth-order valence-corrected chi connectivity index (χ4v) is 3.86. The summed E-state index contributed by atoms with van der Waals surface area (Å²) in [4.78, 5) is 20.5. The molecule has 134 valence electrons. The maximum atomic E-state index is 5.94. The Hall–Kier alpha value is -2.09. The second kappa shape index (κ2) is 7.65. The fraction of sp³-hybridized carbons (Fsp3) is 0.333. The quantitative estimate of drug-likeness (QED) is 0.702. The van der Waals surface area contributed by atoms with Crippen molar-refractivity contribution in [2.45, 2.75) is 32.4 Å². The van der Waals surface area contributed by atoms with Crippen LogP contribution >= 0.6 is 22.9 Å². The van der Waals surface area contributed by atoms with E-state index < -0.39 is 0 Å². The van der Waals surface area contributed by atoms with Crippen LogP contribution in [0.1, 0.15) is 36.1 Å². The first-order valence-corrected chi connectivity index (χ1v) is 9.80. The van der Waals surface area contributed by atoms with E-state index in [0.717, 1.165) is 54.1 Å². The van der Waals surface area contributed by atoms with Crippen LogP contribution in [0.5, 0.6) is 0 Å². The number of halogens is 1. The summed E-state index contributed by atoms with van der Waals surface area (Å²) in [5, 5.41) is 6.70. The number of hydrogen-bond acceptors (Lipinski definition) is 7. The molecule has 8 heteroatoms. The first kappa shape index (κ1) is 17.3. The van der Waals surface area contributed by atoms with Crippen LogP contribution in [0.15, 0.2) is 36.0 Å². The number of aromatic nitrogens is 4. The summed E-state index contributed by atoms with van der Waals surface area (Å²) in [6, 6.07) is 6.01. The van der Waals surface area contributed by atoms with Crippen molar-refractivity contribution >= 4 is 33.9 Å². The predicted octanol–water partition coefficient (Wildman–Crippen LogP) is 4.37.